The van der Waals surface area contributed by atoms with Crippen molar-refractivity contribution in [2.75, 3.05) is 31.1 Å². The summed E-state index contributed by atoms with van der Waals surface area (Å²) < 4.78 is 29.8. The highest BCUT2D eigenvalue weighted by molar-refractivity contribution is 7.16. The van der Waals surface area contributed by atoms with Crippen LogP contribution in [0.2, 0.25) is 0 Å². The lowest BCUT2D eigenvalue weighted by Crippen LogP contribution is -2.50. The molecule has 0 radical (unpaired) electrons. The van der Waals surface area contributed by atoms with Gasteiger partial charge in [-0.3, -0.25) is 0 Å². The molecule has 1 amide bonds. The van der Waals surface area contributed by atoms with E-state index in [2.05, 4.69) is 4.98 Å². The van der Waals surface area contributed by atoms with Crippen LogP contribution in [0.5, 0.6) is 0 Å². The summed E-state index contributed by atoms with van der Waals surface area (Å²) in [4.78, 5) is 20.2. The van der Waals surface area contributed by atoms with E-state index in [9.17, 15) is 13.6 Å². The van der Waals surface area contributed by atoms with Crippen molar-refractivity contribution >= 4 is 28.6 Å². The van der Waals surface area contributed by atoms with Gasteiger partial charge in [-0.05, 0) is 20.8 Å². The van der Waals surface area contributed by atoms with Crippen molar-refractivity contribution in [2.45, 2.75) is 26.4 Å². The van der Waals surface area contributed by atoms with E-state index in [1.54, 1.807) is 4.90 Å². The Morgan fingerprint density at radius 2 is 1.95 bits per heavy atom. The van der Waals surface area contributed by atoms with Crippen LogP contribution in [0.15, 0.2) is 12.3 Å². The van der Waals surface area contributed by atoms with E-state index >= 15 is 0 Å². The van der Waals surface area contributed by atoms with Crippen molar-refractivity contribution < 1.29 is 18.3 Å². The van der Waals surface area contributed by atoms with Crippen LogP contribution in [-0.2, 0) is 4.74 Å². The Morgan fingerprint density at radius 3 is 2.50 bits per heavy atom. The largest absolute Gasteiger partial charge is 0.444 e. The van der Waals surface area contributed by atoms with Gasteiger partial charge < -0.3 is 14.5 Å². The van der Waals surface area contributed by atoms with Gasteiger partial charge in [0.05, 0.1) is 4.88 Å². The van der Waals surface area contributed by atoms with Crippen LogP contribution in [0.4, 0.5) is 18.7 Å². The Kier molecular flexibility index (Phi) is 5.00. The first-order chi connectivity index (χ1) is 10.2. The second-order valence-electron chi connectivity index (χ2n) is 5.93. The SMILES string of the molecule is CC(C)(C)OC(=O)N1CCN(c2ncc(C=C(F)F)s2)CC1. The lowest BCUT2D eigenvalue weighted by Gasteiger charge is -2.35. The average molecular weight is 331 g/mol. The average Bonchev–Trinajstić information content (AvgIpc) is 2.84. The summed E-state index contributed by atoms with van der Waals surface area (Å²) in [5.74, 6) is 0. The number of carbonyl (C=O) groups excluding carboxylic acids is 1. The summed E-state index contributed by atoms with van der Waals surface area (Å²) in [7, 11) is 0. The fraction of sp³-hybridized carbons (Fsp3) is 0.571. The Morgan fingerprint density at radius 1 is 1.32 bits per heavy atom. The van der Waals surface area contributed by atoms with Crippen LogP contribution in [0, 0.1) is 0 Å². The second kappa shape index (κ2) is 6.60. The number of aromatic nitrogens is 1. The summed E-state index contributed by atoms with van der Waals surface area (Å²) in [6, 6.07) is 0. The van der Waals surface area contributed by atoms with Gasteiger partial charge in [-0.15, -0.1) is 0 Å². The quantitative estimate of drug-likeness (QED) is 0.833. The number of halogens is 2. The highest BCUT2D eigenvalue weighted by Crippen LogP contribution is 2.26. The Labute approximate surface area is 132 Å². The fourth-order valence-corrected chi connectivity index (χ4v) is 2.89. The maximum absolute atomic E-state index is 12.2. The molecule has 2 rings (SSSR count). The molecule has 5 nitrogen and oxygen atoms in total. The minimum Gasteiger partial charge on any atom is -0.444 e. The molecule has 0 spiro atoms. The second-order valence-corrected chi connectivity index (χ2v) is 6.97. The third kappa shape index (κ3) is 4.66. The highest BCUT2D eigenvalue weighted by Gasteiger charge is 2.26. The number of nitrogens with zero attached hydrogens (tertiary/aromatic N) is 3. The number of thiazole rings is 1. The molecule has 8 heteroatoms. The van der Waals surface area contributed by atoms with E-state index in [1.807, 2.05) is 25.7 Å². The molecule has 0 saturated carbocycles. The minimum absolute atomic E-state index is 0.325. The van der Waals surface area contributed by atoms with E-state index in [-0.39, 0.29) is 6.09 Å². The van der Waals surface area contributed by atoms with Gasteiger partial charge in [0.2, 0.25) is 0 Å². The predicted molar refractivity (Wildman–Crippen MR) is 82.3 cm³/mol. The molecule has 1 saturated heterocycles. The zero-order valence-corrected chi connectivity index (χ0v) is 13.6. The maximum Gasteiger partial charge on any atom is 0.410 e. The normalized spacial score (nSPS) is 15.7. The number of piperazine rings is 1. The standard InChI is InChI=1S/C14H19F2N3O2S/c1-14(2,3)21-13(20)19-6-4-18(5-7-19)12-17-9-10(22-12)8-11(15)16/h8-9H,4-7H2,1-3H3. The Balaban J connectivity index is 1.91. The molecule has 122 valence electrons. The van der Waals surface area contributed by atoms with Crippen molar-refractivity contribution in [3.05, 3.63) is 17.2 Å². The van der Waals surface area contributed by atoms with Gasteiger partial charge in [-0.1, -0.05) is 11.3 Å². The molecule has 0 unspecified atom stereocenters. The summed E-state index contributed by atoms with van der Waals surface area (Å²) in [5.41, 5.74) is -0.513. The predicted octanol–water partition coefficient (Wildman–Crippen LogP) is 3.44. The van der Waals surface area contributed by atoms with Crippen molar-refractivity contribution in [1.82, 2.24) is 9.88 Å². The Hall–Kier alpha value is -1.70. The first-order valence-electron chi connectivity index (χ1n) is 6.96. The molecule has 1 aromatic heterocycles. The van der Waals surface area contributed by atoms with E-state index in [0.717, 1.165) is 6.08 Å². The summed E-state index contributed by atoms with van der Waals surface area (Å²) in [6.45, 7) is 7.75. The van der Waals surface area contributed by atoms with E-state index in [4.69, 9.17) is 4.74 Å². The van der Waals surface area contributed by atoms with Gasteiger partial charge >= 0.3 is 6.09 Å². The molecule has 22 heavy (non-hydrogen) atoms. The molecule has 2 heterocycles. The fourth-order valence-electron chi connectivity index (χ4n) is 2.00. The smallest absolute Gasteiger partial charge is 0.410 e. The summed E-state index contributed by atoms with van der Waals surface area (Å²) in [6.07, 6.45) is 0.177. The summed E-state index contributed by atoms with van der Waals surface area (Å²) >= 11 is 1.21. The lowest BCUT2D eigenvalue weighted by molar-refractivity contribution is 0.0240. The van der Waals surface area contributed by atoms with Crippen LogP contribution in [-0.4, -0.2) is 47.8 Å². The molecular formula is C14H19F2N3O2S. The van der Waals surface area contributed by atoms with Crippen LogP contribution < -0.4 is 4.90 Å². The van der Waals surface area contributed by atoms with Gasteiger partial charge in [0, 0.05) is 38.5 Å². The van der Waals surface area contributed by atoms with Crippen molar-refractivity contribution in [3.8, 4) is 0 Å². The number of anilines is 1. The molecule has 0 aliphatic carbocycles. The van der Waals surface area contributed by atoms with Gasteiger partial charge in [0.1, 0.15) is 5.60 Å². The number of carbonyl (C=O) groups is 1. The van der Waals surface area contributed by atoms with Gasteiger partial charge in [-0.25, -0.2) is 9.78 Å². The van der Waals surface area contributed by atoms with Gasteiger partial charge in [0.15, 0.2) is 5.13 Å². The van der Waals surface area contributed by atoms with Crippen LogP contribution in [0.3, 0.4) is 0 Å². The molecule has 1 aliphatic rings. The minimum atomic E-state index is -1.73. The number of rotatable bonds is 2. The third-order valence-electron chi connectivity index (χ3n) is 2.96. The molecule has 1 fully saturated rings. The van der Waals surface area contributed by atoms with Crippen molar-refractivity contribution in [1.29, 1.82) is 0 Å². The highest BCUT2D eigenvalue weighted by atomic mass is 32.1. The number of hydrogen-bond donors (Lipinski definition) is 0. The maximum atomic E-state index is 12.2. The zero-order valence-electron chi connectivity index (χ0n) is 12.8. The van der Waals surface area contributed by atoms with Crippen molar-refractivity contribution in [3.63, 3.8) is 0 Å². The number of ether oxygens (including phenoxy) is 1. The molecule has 0 N–H and O–H groups in total. The lowest BCUT2D eigenvalue weighted by atomic mass is 10.2. The molecule has 0 atom stereocenters. The Bertz CT molecular complexity index is 557. The van der Waals surface area contributed by atoms with Crippen LogP contribution >= 0.6 is 11.3 Å². The third-order valence-corrected chi connectivity index (χ3v) is 3.97. The summed E-state index contributed by atoms with van der Waals surface area (Å²) in [5, 5.41) is 0.691. The first-order valence-corrected chi connectivity index (χ1v) is 7.78. The van der Waals surface area contributed by atoms with Gasteiger partial charge in [0.25, 0.3) is 6.08 Å². The molecule has 0 bridgehead atoms. The van der Waals surface area contributed by atoms with E-state index < -0.39 is 11.7 Å². The van der Waals surface area contributed by atoms with Crippen LogP contribution in [0.25, 0.3) is 6.08 Å². The van der Waals surface area contributed by atoms with Crippen LogP contribution in [0.1, 0.15) is 25.6 Å². The first kappa shape index (κ1) is 16.7. The van der Waals surface area contributed by atoms with E-state index in [0.29, 0.717) is 36.2 Å². The van der Waals surface area contributed by atoms with Crippen molar-refractivity contribution in [2.24, 2.45) is 0 Å². The monoisotopic (exact) mass is 331 g/mol. The molecular weight excluding hydrogens is 312 g/mol. The van der Waals surface area contributed by atoms with Gasteiger partial charge in [-0.2, -0.15) is 8.78 Å². The number of amides is 1. The number of hydrogen-bond acceptors (Lipinski definition) is 5. The molecule has 1 aliphatic heterocycles. The zero-order chi connectivity index (χ0) is 16.3. The van der Waals surface area contributed by atoms with E-state index in [1.165, 1.54) is 17.5 Å². The molecule has 0 aromatic carbocycles. The topological polar surface area (TPSA) is 45.7 Å². The molecule has 1 aromatic rings.